The highest BCUT2D eigenvalue weighted by atomic mass is 32.2. The largest absolute Gasteiger partial charge is 0.480 e. The summed E-state index contributed by atoms with van der Waals surface area (Å²) in [4.78, 5) is 23.8. The summed E-state index contributed by atoms with van der Waals surface area (Å²) in [6.07, 6.45) is 0.730. The SMILES string of the molecule is CC(C)[C@H](NS(=O)(=O)c1ccc2c(c1)sc1cc(NC(=O)NCCc3ccccc3)ccc12)C(=O)O. The predicted octanol–water partition coefficient (Wildman–Crippen LogP) is 4.81. The molecule has 0 radical (unpaired) electrons. The van der Waals surface area contributed by atoms with E-state index in [-0.39, 0.29) is 10.9 Å². The van der Waals surface area contributed by atoms with Gasteiger partial charge in [-0.3, -0.25) is 4.79 Å². The third-order valence-corrected chi connectivity index (χ3v) is 8.32. The van der Waals surface area contributed by atoms with Crippen LogP contribution in [0.2, 0.25) is 0 Å². The van der Waals surface area contributed by atoms with Crippen LogP contribution < -0.4 is 15.4 Å². The molecular weight excluding hydrogens is 498 g/mol. The summed E-state index contributed by atoms with van der Waals surface area (Å²) in [5, 5.41) is 16.9. The lowest BCUT2D eigenvalue weighted by atomic mass is 10.1. The van der Waals surface area contributed by atoms with Gasteiger partial charge in [0, 0.05) is 32.4 Å². The Balaban J connectivity index is 1.49. The average Bonchev–Trinajstić information content (AvgIpc) is 3.20. The van der Waals surface area contributed by atoms with Crippen molar-refractivity contribution >= 4 is 59.2 Å². The lowest BCUT2D eigenvalue weighted by Gasteiger charge is -2.18. The molecule has 8 nitrogen and oxygen atoms in total. The number of nitrogens with one attached hydrogen (secondary N) is 3. The minimum Gasteiger partial charge on any atom is -0.480 e. The number of aliphatic carboxylic acids is 1. The minimum absolute atomic E-state index is 0.00426. The van der Waals surface area contributed by atoms with Gasteiger partial charge < -0.3 is 15.7 Å². The molecule has 0 unspecified atom stereocenters. The zero-order valence-corrected chi connectivity index (χ0v) is 21.4. The summed E-state index contributed by atoms with van der Waals surface area (Å²) in [6.45, 7) is 3.79. The van der Waals surface area contributed by atoms with Gasteiger partial charge in [0.1, 0.15) is 6.04 Å². The molecule has 0 bridgehead atoms. The molecule has 36 heavy (non-hydrogen) atoms. The number of benzene rings is 3. The molecular formula is C26H27N3O5S2. The number of urea groups is 1. The van der Waals surface area contributed by atoms with E-state index < -0.39 is 28.0 Å². The molecule has 3 aromatic carbocycles. The van der Waals surface area contributed by atoms with Gasteiger partial charge in [0.15, 0.2) is 0 Å². The van der Waals surface area contributed by atoms with E-state index in [4.69, 9.17) is 0 Å². The zero-order chi connectivity index (χ0) is 25.9. The first-order valence-corrected chi connectivity index (χ1v) is 13.7. The number of carbonyl (C=O) groups excluding carboxylic acids is 1. The molecule has 0 aliphatic carbocycles. The average molecular weight is 526 g/mol. The molecule has 0 aliphatic rings. The van der Waals surface area contributed by atoms with Crippen molar-refractivity contribution in [1.82, 2.24) is 10.0 Å². The van der Waals surface area contributed by atoms with Crippen LogP contribution in [0.15, 0.2) is 71.6 Å². The maximum Gasteiger partial charge on any atom is 0.322 e. The molecule has 10 heteroatoms. The van der Waals surface area contributed by atoms with E-state index in [2.05, 4.69) is 15.4 Å². The number of hydrogen-bond donors (Lipinski definition) is 4. The third-order valence-electron chi connectivity index (χ3n) is 5.77. The smallest absolute Gasteiger partial charge is 0.322 e. The van der Waals surface area contributed by atoms with E-state index >= 15 is 0 Å². The van der Waals surface area contributed by atoms with Crippen molar-refractivity contribution in [3.05, 3.63) is 72.3 Å². The number of thiophene rings is 1. The Labute approximate surface area is 213 Å². The Hall–Kier alpha value is -3.47. The van der Waals surface area contributed by atoms with Crippen molar-refractivity contribution < 1.29 is 23.1 Å². The molecule has 0 fully saturated rings. The first-order chi connectivity index (χ1) is 17.1. The van der Waals surface area contributed by atoms with Crippen molar-refractivity contribution in [2.75, 3.05) is 11.9 Å². The fourth-order valence-corrected chi connectivity index (χ4v) is 6.47. The highest BCUT2D eigenvalue weighted by Crippen LogP contribution is 2.36. The standard InChI is InChI=1S/C26H27N3O5S2/c1-16(2)24(25(30)31)29-36(33,34)19-9-11-21-20-10-8-18(14-22(20)35-23(21)15-19)28-26(32)27-13-12-17-6-4-3-5-7-17/h3-11,14-16,24,29H,12-13H2,1-2H3,(H,30,31)(H2,27,28,32)/t24-/m0/s1. The Kier molecular flexibility index (Phi) is 7.58. The zero-order valence-electron chi connectivity index (χ0n) is 19.8. The highest BCUT2D eigenvalue weighted by Gasteiger charge is 2.28. The Bertz CT molecular complexity index is 1510. The third kappa shape index (κ3) is 5.84. The first-order valence-electron chi connectivity index (χ1n) is 11.4. The second kappa shape index (κ2) is 10.7. The van der Waals surface area contributed by atoms with Gasteiger partial charge in [0.25, 0.3) is 0 Å². The quantitative estimate of drug-likeness (QED) is 0.250. The monoisotopic (exact) mass is 525 g/mol. The number of hydrogen-bond acceptors (Lipinski definition) is 5. The van der Waals surface area contributed by atoms with Gasteiger partial charge in [-0.25, -0.2) is 13.2 Å². The normalized spacial score (nSPS) is 12.6. The molecule has 1 aromatic heterocycles. The number of anilines is 1. The van der Waals surface area contributed by atoms with Crippen LogP contribution in [-0.4, -0.2) is 38.1 Å². The van der Waals surface area contributed by atoms with E-state index in [0.29, 0.717) is 12.2 Å². The summed E-state index contributed by atoms with van der Waals surface area (Å²) in [6, 6.07) is 18.7. The van der Waals surface area contributed by atoms with Crippen LogP contribution in [0.25, 0.3) is 20.2 Å². The maximum atomic E-state index is 12.8. The maximum absolute atomic E-state index is 12.8. The number of amides is 2. The van der Waals surface area contributed by atoms with E-state index in [9.17, 15) is 23.1 Å². The van der Waals surface area contributed by atoms with Crippen LogP contribution in [0, 0.1) is 5.92 Å². The summed E-state index contributed by atoms with van der Waals surface area (Å²) >= 11 is 1.40. The molecule has 188 valence electrons. The Morgan fingerprint density at radius 1 is 0.944 bits per heavy atom. The summed E-state index contributed by atoms with van der Waals surface area (Å²) in [5.41, 5.74) is 1.77. The van der Waals surface area contributed by atoms with Gasteiger partial charge in [-0.05, 0) is 42.2 Å². The number of carboxylic acids is 1. The van der Waals surface area contributed by atoms with Crippen LogP contribution >= 0.6 is 11.3 Å². The number of rotatable bonds is 9. The minimum atomic E-state index is -4.02. The molecule has 0 saturated carbocycles. The van der Waals surface area contributed by atoms with E-state index in [1.807, 2.05) is 42.5 Å². The number of carbonyl (C=O) groups is 2. The Morgan fingerprint density at radius 3 is 2.28 bits per heavy atom. The molecule has 4 rings (SSSR count). The van der Waals surface area contributed by atoms with Crippen molar-refractivity contribution in [2.45, 2.75) is 31.2 Å². The van der Waals surface area contributed by atoms with Gasteiger partial charge >= 0.3 is 12.0 Å². The molecule has 0 aliphatic heterocycles. The van der Waals surface area contributed by atoms with E-state index in [1.54, 1.807) is 32.0 Å². The topological polar surface area (TPSA) is 125 Å². The molecule has 2 amide bonds. The molecule has 0 saturated heterocycles. The molecule has 4 aromatic rings. The van der Waals surface area contributed by atoms with Gasteiger partial charge in [-0.15, -0.1) is 11.3 Å². The van der Waals surface area contributed by atoms with Crippen molar-refractivity contribution in [3.63, 3.8) is 0 Å². The van der Waals surface area contributed by atoms with Gasteiger partial charge in [-0.1, -0.05) is 56.3 Å². The number of fused-ring (bicyclic) bond motifs is 3. The number of sulfonamides is 1. The highest BCUT2D eigenvalue weighted by molar-refractivity contribution is 7.89. The van der Waals surface area contributed by atoms with Crippen LogP contribution in [0.5, 0.6) is 0 Å². The van der Waals surface area contributed by atoms with Crippen molar-refractivity contribution in [3.8, 4) is 0 Å². The summed E-state index contributed by atoms with van der Waals surface area (Å²) in [5.74, 6) is -1.63. The molecule has 0 spiro atoms. The Morgan fingerprint density at radius 2 is 1.61 bits per heavy atom. The fourth-order valence-electron chi connectivity index (χ4n) is 3.85. The van der Waals surface area contributed by atoms with Gasteiger partial charge in [-0.2, -0.15) is 4.72 Å². The molecule has 4 N–H and O–H groups in total. The van der Waals surface area contributed by atoms with Crippen molar-refractivity contribution in [2.24, 2.45) is 5.92 Å². The van der Waals surface area contributed by atoms with Gasteiger partial charge in [0.2, 0.25) is 10.0 Å². The van der Waals surface area contributed by atoms with E-state index in [0.717, 1.165) is 32.2 Å². The second-order valence-electron chi connectivity index (χ2n) is 8.77. The summed E-state index contributed by atoms with van der Waals surface area (Å²) < 4.78 is 29.6. The van der Waals surface area contributed by atoms with Gasteiger partial charge in [0.05, 0.1) is 4.90 Å². The van der Waals surface area contributed by atoms with Crippen molar-refractivity contribution in [1.29, 1.82) is 0 Å². The second-order valence-corrected chi connectivity index (χ2v) is 11.6. The van der Waals surface area contributed by atoms with Crippen LogP contribution in [0.4, 0.5) is 10.5 Å². The first kappa shape index (κ1) is 25.6. The van der Waals surface area contributed by atoms with Crippen LogP contribution in [0.3, 0.4) is 0 Å². The number of carboxylic acid groups (broad SMARTS) is 1. The molecule has 1 atom stereocenters. The lowest BCUT2D eigenvalue weighted by Crippen LogP contribution is -2.44. The lowest BCUT2D eigenvalue weighted by molar-refractivity contribution is -0.140. The van der Waals surface area contributed by atoms with Crippen LogP contribution in [-0.2, 0) is 21.2 Å². The predicted molar refractivity (Wildman–Crippen MR) is 143 cm³/mol. The van der Waals surface area contributed by atoms with Crippen LogP contribution in [0.1, 0.15) is 19.4 Å². The summed E-state index contributed by atoms with van der Waals surface area (Å²) in [7, 11) is -4.02. The van der Waals surface area contributed by atoms with E-state index in [1.165, 1.54) is 17.4 Å². The molecule has 1 heterocycles. The fraction of sp³-hybridized carbons (Fsp3) is 0.231.